The van der Waals surface area contributed by atoms with Gasteiger partial charge in [0.15, 0.2) is 0 Å². The van der Waals surface area contributed by atoms with Crippen LogP contribution in [0.2, 0.25) is 0 Å². The molecule has 0 aromatic carbocycles. The molecule has 0 saturated carbocycles. The minimum atomic E-state index is 0.661. The summed E-state index contributed by atoms with van der Waals surface area (Å²) in [5.41, 5.74) is 4.07. The molecule has 1 aliphatic heterocycles. The number of piperidine rings is 1. The number of nitrogens with zero attached hydrogens (tertiary/aromatic N) is 4. The van der Waals surface area contributed by atoms with Crippen LogP contribution in [0.4, 0.5) is 0 Å². The second-order valence-electron chi connectivity index (χ2n) is 5.73. The summed E-state index contributed by atoms with van der Waals surface area (Å²) in [5.74, 6) is 0.661. The predicted molar refractivity (Wildman–Crippen MR) is 79.4 cm³/mol. The van der Waals surface area contributed by atoms with Crippen molar-refractivity contribution in [2.75, 3.05) is 13.1 Å². The molecule has 0 atom stereocenters. The molecule has 0 aliphatic carbocycles. The zero-order chi connectivity index (χ0) is 13.9. The Kier molecular flexibility index (Phi) is 3.83. The van der Waals surface area contributed by atoms with Gasteiger partial charge in [-0.3, -0.25) is 14.6 Å². The van der Waals surface area contributed by atoms with Crippen molar-refractivity contribution in [2.45, 2.75) is 32.2 Å². The third-order valence-electron chi connectivity index (χ3n) is 4.41. The van der Waals surface area contributed by atoms with Crippen molar-refractivity contribution in [1.29, 1.82) is 0 Å². The molecule has 2 aromatic heterocycles. The highest BCUT2D eigenvalue weighted by Crippen LogP contribution is 2.28. The topological polar surface area (TPSA) is 34.0 Å². The van der Waals surface area contributed by atoms with Crippen LogP contribution >= 0.6 is 0 Å². The summed E-state index contributed by atoms with van der Waals surface area (Å²) in [6.45, 7) is 5.51. The Morgan fingerprint density at radius 2 is 2.00 bits per heavy atom. The van der Waals surface area contributed by atoms with Gasteiger partial charge < -0.3 is 0 Å². The Morgan fingerprint density at radius 3 is 2.65 bits per heavy atom. The lowest BCUT2D eigenvalue weighted by atomic mass is 9.93. The van der Waals surface area contributed by atoms with Crippen LogP contribution in [0.25, 0.3) is 0 Å². The van der Waals surface area contributed by atoms with E-state index in [1.54, 1.807) is 0 Å². The average Bonchev–Trinajstić information content (AvgIpc) is 2.89. The van der Waals surface area contributed by atoms with Crippen LogP contribution in [-0.4, -0.2) is 32.8 Å². The lowest BCUT2D eigenvalue weighted by Gasteiger charge is -2.32. The zero-order valence-electron chi connectivity index (χ0n) is 12.3. The van der Waals surface area contributed by atoms with Crippen molar-refractivity contribution in [1.82, 2.24) is 19.7 Å². The van der Waals surface area contributed by atoms with Crippen molar-refractivity contribution in [2.24, 2.45) is 7.05 Å². The van der Waals surface area contributed by atoms with Gasteiger partial charge in [-0.15, -0.1) is 0 Å². The maximum Gasteiger partial charge on any atom is 0.0492 e. The normalized spacial score (nSPS) is 17.5. The third kappa shape index (κ3) is 2.75. The van der Waals surface area contributed by atoms with Crippen molar-refractivity contribution in [3.63, 3.8) is 0 Å². The van der Waals surface area contributed by atoms with E-state index < -0.39 is 0 Å². The summed E-state index contributed by atoms with van der Waals surface area (Å²) in [7, 11) is 2.04. The van der Waals surface area contributed by atoms with Crippen LogP contribution in [0.3, 0.4) is 0 Å². The monoisotopic (exact) mass is 270 g/mol. The van der Waals surface area contributed by atoms with Crippen molar-refractivity contribution in [3.05, 3.63) is 47.5 Å². The Morgan fingerprint density at radius 1 is 1.20 bits per heavy atom. The van der Waals surface area contributed by atoms with Crippen LogP contribution in [0.1, 0.15) is 35.6 Å². The average molecular weight is 270 g/mol. The largest absolute Gasteiger partial charge is 0.299 e. The minimum absolute atomic E-state index is 0.661. The molecule has 2 aromatic rings. The third-order valence-corrected chi connectivity index (χ3v) is 4.41. The molecule has 20 heavy (non-hydrogen) atoms. The molecule has 1 aliphatic rings. The Hall–Kier alpha value is -1.68. The van der Waals surface area contributed by atoms with Crippen LogP contribution in [-0.2, 0) is 13.6 Å². The maximum absolute atomic E-state index is 4.28. The molecule has 0 spiro atoms. The molecular formula is C16H22N4. The molecular weight excluding hydrogens is 248 g/mol. The van der Waals surface area contributed by atoms with E-state index in [-0.39, 0.29) is 0 Å². The number of pyridine rings is 1. The summed E-state index contributed by atoms with van der Waals surface area (Å²) < 4.78 is 2.02. The zero-order valence-corrected chi connectivity index (χ0v) is 12.3. The molecule has 0 bridgehead atoms. The summed E-state index contributed by atoms with van der Waals surface area (Å²) in [5, 5.41) is 4.28. The smallest absolute Gasteiger partial charge is 0.0492 e. The fourth-order valence-electron chi connectivity index (χ4n) is 3.07. The SMILES string of the molecule is Cc1ccncc1CN1CCC(c2ccnn2C)CC1. The van der Waals surface area contributed by atoms with Gasteiger partial charge in [0.2, 0.25) is 0 Å². The Balaban J connectivity index is 1.59. The highest BCUT2D eigenvalue weighted by Gasteiger charge is 2.22. The van der Waals surface area contributed by atoms with E-state index >= 15 is 0 Å². The Labute approximate surface area is 120 Å². The summed E-state index contributed by atoms with van der Waals surface area (Å²) >= 11 is 0. The molecule has 3 heterocycles. The van der Waals surface area contributed by atoms with E-state index in [9.17, 15) is 0 Å². The fraction of sp³-hybridized carbons (Fsp3) is 0.500. The molecule has 4 heteroatoms. The van der Waals surface area contributed by atoms with Crippen LogP contribution in [0.15, 0.2) is 30.7 Å². The maximum atomic E-state index is 4.28. The number of likely N-dealkylation sites (tertiary alicyclic amines) is 1. The second-order valence-corrected chi connectivity index (χ2v) is 5.73. The lowest BCUT2D eigenvalue weighted by Crippen LogP contribution is -2.33. The first kappa shape index (κ1) is 13.3. The molecule has 4 nitrogen and oxygen atoms in total. The van der Waals surface area contributed by atoms with Gasteiger partial charge in [-0.2, -0.15) is 5.10 Å². The van der Waals surface area contributed by atoms with Gasteiger partial charge in [-0.25, -0.2) is 0 Å². The van der Waals surface area contributed by atoms with E-state index in [2.05, 4.69) is 34.0 Å². The quantitative estimate of drug-likeness (QED) is 0.859. The first-order valence-electron chi connectivity index (χ1n) is 7.34. The number of rotatable bonds is 3. The van der Waals surface area contributed by atoms with E-state index in [0.717, 1.165) is 19.6 Å². The highest BCUT2D eigenvalue weighted by atomic mass is 15.3. The first-order chi connectivity index (χ1) is 9.74. The van der Waals surface area contributed by atoms with Gasteiger partial charge in [0.25, 0.3) is 0 Å². The van der Waals surface area contributed by atoms with Gasteiger partial charge >= 0.3 is 0 Å². The molecule has 3 rings (SSSR count). The molecule has 106 valence electrons. The van der Waals surface area contributed by atoms with Gasteiger partial charge in [-0.05, 0) is 56.1 Å². The van der Waals surface area contributed by atoms with Crippen LogP contribution < -0.4 is 0 Å². The molecule has 0 amide bonds. The van der Waals surface area contributed by atoms with Crippen molar-refractivity contribution < 1.29 is 0 Å². The van der Waals surface area contributed by atoms with Crippen LogP contribution in [0, 0.1) is 6.92 Å². The van der Waals surface area contributed by atoms with Gasteiger partial charge in [0.05, 0.1) is 0 Å². The van der Waals surface area contributed by atoms with Gasteiger partial charge in [-0.1, -0.05) is 0 Å². The minimum Gasteiger partial charge on any atom is -0.299 e. The summed E-state index contributed by atoms with van der Waals surface area (Å²) in [6.07, 6.45) is 8.22. The number of hydrogen-bond donors (Lipinski definition) is 0. The summed E-state index contributed by atoms with van der Waals surface area (Å²) in [6, 6.07) is 4.25. The highest BCUT2D eigenvalue weighted by molar-refractivity contribution is 5.21. The number of aromatic nitrogens is 3. The van der Waals surface area contributed by atoms with Crippen molar-refractivity contribution >= 4 is 0 Å². The fourth-order valence-corrected chi connectivity index (χ4v) is 3.07. The van der Waals surface area contributed by atoms with Crippen LogP contribution in [0.5, 0.6) is 0 Å². The number of hydrogen-bond acceptors (Lipinski definition) is 3. The molecule has 1 saturated heterocycles. The molecule has 0 N–H and O–H groups in total. The number of aryl methyl sites for hydroxylation is 2. The van der Waals surface area contributed by atoms with E-state index in [4.69, 9.17) is 0 Å². The van der Waals surface area contributed by atoms with Crippen molar-refractivity contribution in [3.8, 4) is 0 Å². The van der Waals surface area contributed by atoms with E-state index in [1.807, 2.05) is 30.3 Å². The lowest BCUT2D eigenvalue weighted by molar-refractivity contribution is 0.201. The van der Waals surface area contributed by atoms with E-state index in [0.29, 0.717) is 5.92 Å². The van der Waals surface area contributed by atoms with Gasteiger partial charge in [0.1, 0.15) is 0 Å². The second kappa shape index (κ2) is 5.75. The standard InChI is InChI=1S/C16H22N4/c1-13-3-7-17-11-15(13)12-20-9-5-14(6-10-20)16-4-8-18-19(16)2/h3-4,7-8,11,14H,5-6,9-10,12H2,1-2H3. The molecule has 0 unspecified atom stereocenters. The first-order valence-corrected chi connectivity index (χ1v) is 7.34. The summed E-state index contributed by atoms with van der Waals surface area (Å²) in [4.78, 5) is 6.78. The molecule has 1 fully saturated rings. The Bertz CT molecular complexity index is 567. The predicted octanol–water partition coefficient (Wildman–Crippen LogP) is 2.50. The van der Waals surface area contributed by atoms with Gasteiger partial charge in [0, 0.05) is 43.8 Å². The molecule has 0 radical (unpaired) electrons. The van der Waals surface area contributed by atoms with E-state index in [1.165, 1.54) is 29.7 Å².